The van der Waals surface area contributed by atoms with Gasteiger partial charge in [0.15, 0.2) is 0 Å². The third-order valence-electron chi connectivity index (χ3n) is 4.53. The maximum atomic E-state index is 6.23. The number of benzene rings is 2. The molecule has 0 saturated carbocycles. The number of nitrogens with zero attached hydrogens (tertiary/aromatic N) is 1. The van der Waals surface area contributed by atoms with Gasteiger partial charge in [0, 0.05) is 27.2 Å². The molecular formula is C22H23ClN2O. The van der Waals surface area contributed by atoms with Gasteiger partial charge in [-0.1, -0.05) is 35.9 Å². The molecule has 1 N–H and O–H groups in total. The fourth-order valence-corrected chi connectivity index (χ4v) is 3.84. The fourth-order valence-electron chi connectivity index (χ4n) is 3.52. The summed E-state index contributed by atoms with van der Waals surface area (Å²) >= 11 is 6.23. The Morgan fingerprint density at radius 3 is 2.42 bits per heavy atom. The molecule has 0 unspecified atom stereocenters. The molecule has 2 aromatic carbocycles. The van der Waals surface area contributed by atoms with Gasteiger partial charge in [0.2, 0.25) is 0 Å². The molecule has 1 heterocycles. The van der Waals surface area contributed by atoms with Gasteiger partial charge in [-0.25, -0.2) is 0 Å². The number of fused-ring (bicyclic) bond motifs is 1. The van der Waals surface area contributed by atoms with Crippen LogP contribution >= 0.6 is 11.6 Å². The van der Waals surface area contributed by atoms with Crippen LogP contribution in [0, 0.1) is 20.8 Å². The van der Waals surface area contributed by atoms with Crippen LogP contribution in [-0.4, -0.2) is 12.1 Å². The molecule has 3 aromatic rings. The summed E-state index contributed by atoms with van der Waals surface area (Å²) < 4.78 is 0. The molecule has 26 heavy (non-hydrogen) atoms. The summed E-state index contributed by atoms with van der Waals surface area (Å²) in [6, 6.07) is 12.4. The zero-order valence-electron chi connectivity index (χ0n) is 15.8. The Balaban J connectivity index is 2.36. The first-order valence-electron chi connectivity index (χ1n) is 8.59. The van der Waals surface area contributed by atoms with E-state index in [1.165, 1.54) is 5.56 Å². The molecular weight excluding hydrogens is 344 g/mol. The zero-order valence-corrected chi connectivity index (χ0v) is 16.5. The van der Waals surface area contributed by atoms with Crippen molar-refractivity contribution in [2.45, 2.75) is 27.7 Å². The molecule has 3 nitrogen and oxygen atoms in total. The van der Waals surface area contributed by atoms with E-state index in [-0.39, 0.29) is 0 Å². The van der Waals surface area contributed by atoms with Gasteiger partial charge in [-0.15, -0.1) is 0 Å². The minimum Gasteiger partial charge on any atom is -0.279 e. The first-order chi connectivity index (χ1) is 12.5. The minimum absolute atomic E-state index is 0.759. The van der Waals surface area contributed by atoms with E-state index in [1.54, 1.807) is 7.11 Å². The molecule has 0 bridgehead atoms. The molecule has 0 fully saturated rings. The van der Waals surface area contributed by atoms with E-state index in [0.29, 0.717) is 0 Å². The number of hydroxylamine groups is 1. The van der Waals surface area contributed by atoms with Crippen molar-refractivity contribution in [2.24, 2.45) is 0 Å². The van der Waals surface area contributed by atoms with Crippen LogP contribution in [0.15, 0.2) is 42.5 Å². The lowest BCUT2D eigenvalue weighted by molar-refractivity contribution is 0.136. The van der Waals surface area contributed by atoms with Crippen molar-refractivity contribution in [1.82, 2.24) is 10.5 Å². The predicted octanol–water partition coefficient (Wildman–Crippen LogP) is 5.99. The van der Waals surface area contributed by atoms with E-state index in [4.69, 9.17) is 21.4 Å². The SMILES string of the molecule is CC=C(NOC)c1cc(C)nc2c(-c3c(C)cc(Cl)cc3C)cccc12. The average Bonchev–Trinajstić information content (AvgIpc) is 2.58. The molecule has 0 aliphatic carbocycles. The summed E-state index contributed by atoms with van der Waals surface area (Å²) in [4.78, 5) is 10.0. The van der Waals surface area contributed by atoms with Crippen molar-refractivity contribution in [1.29, 1.82) is 0 Å². The fraction of sp³-hybridized carbons (Fsp3) is 0.227. The monoisotopic (exact) mass is 366 g/mol. The molecule has 0 spiro atoms. The largest absolute Gasteiger partial charge is 0.279 e. The lowest BCUT2D eigenvalue weighted by atomic mass is 9.92. The van der Waals surface area contributed by atoms with Crippen molar-refractivity contribution < 1.29 is 4.84 Å². The number of pyridine rings is 1. The Hall–Kier alpha value is -2.36. The minimum atomic E-state index is 0.759. The van der Waals surface area contributed by atoms with Gasteiger partial charge < -0.3 is 0 Å². The van der Waals surface area contributed by atoms with Crippen molar-refractivity contribution >= 4 is 28.2 Å². The molecule has 0 atom stereocenters. The highest BCUT2D eigenvalue weighted by atomic mass is 35.5. The number of aromatic nitrogens is 1. The molecule has 4 heteroatoms. The van der Waals surface area contributed by atoms with E-state index in [2.05, 4.69) is 43.6 Å². The number of hydrogen-bond donors (Lipinski definition) is 1. The van der Waals surface area contributed by atoms with Gasteiger partial charge in [0.25, 0.3) is 0 Å². The van der Waals surface area contributed by atoms with Crippen molar-refractivity contribution in [3.8, 4) is 11.1 Å². The number of hydrogen-bond acceptors (Lipinski definition) is 3. The summed E-state index contributed by atoms with van der Waals surface area (Å²) in [7, 11) is 1.62. The molecule has 3 rings (SSSR count). The Labute approximate surface area is 159 Å². The highest BCUT2D eigenvalue weighted by Crippen LogP contribution is 2.36. The summed E-state index contributed by atoms with van der Waals surface area (Å²) in [5, 5.41) is 1.84. The van der Waals surface area contributed by atoms with Gasteiger partial charge in [-0.05, 0) is 62.6 Å². The van der Waals surface area contributed by atoms with Crippen molar-refractivity contribution in [3.05, 3.63) is 69.9 Å². The maximum Gasteiger partial charge on any atom is 0.0790 e. The highest BCUT2D eigenvalue weighted by molar-refractivity contribution is 6.30. The number of aryl methyl sites for hydroxylation is 3. The molecule has 0 radical (unpaired) electrons. The Morgan fingerprint density at radius 1 is 1.12 bits per heavy atom. The van der Waals surface area contributed by atoms with Crippen LogP contribution < -0.4 is 5.48 Å². The third-order valence-corrected chi connectivity index (χ3v) is 4.74. The standard InChI is InChI=1S/C22H23ClN2O/c1-6-20(25-26-5)19-12-15(4)24-22-17(19)8-7-9-18(22)21-13(2)10-16(23)11-14(21)3/h6-12,25H,1-5H3. The Morgan fingerprint density at radius 2 is 1.81 bits per heavy atom. The number of halogens is 1. The Bertz CT molecular complexity index is 985. The second-order valence-corrected chi connectivity index (χ2v) is 6.87. The Kier molecular flexibility index (Phi) is 5.30. The first kappa shape index (κ1) is 18.4. The van der Waals surface area contributed by atoms with Gasteiger partial charge in [0.05, 0.1) is 18.3 Å². The van der Waals surface area contributed by atoms with Crippen molar-refractivity contribution in [2.75, 3.05) is 7.11 Å². The normalized spacial score (nSPS) is 11.8. The maximum absolute atomic E-state index is 6.23. The van der Waals surface area contributed by atoms with E-state index < -0.39 is 0 Å². The van der Waals surface area contributed by atoms with E-state index in [9.17, 15) is 0 Å². The van der Waals surface area contributed by atoms with Crippen LogP contribution in [0.5, 0.6) is 0 Å². The molecule has 1 aromatic heterocycles. The highest BCUT2D eigenvalue weighted by Gasteiger charge is 2.15. The van der Waals surface area contributed by atoms with Crippen LogP contribution in [0.2, 0.25) is 5.02 Å². The first-order valence-corrected chi connectivity index (χ1v) is 8.97. The number of nitrogens with one attached hydrogen (secondary N) is 1. The van der Waals surface area contributed by atoms with Crippen LogP contribution in [0.1, 0.15) is 29.3 Å². The summed E-state index contributed by atoms with van der Waals surface area (Å²) in [6.45, 7) is 8.18. The number of allylic oxidation sites excluding steroid dienone is 1. The molecule has 0 aliphatic heterocycles. The molecule has 0 amide bonds. The summed E-state index contributed by atoms with van der Waals surface area (Å²) in [5.74, 6) is 0. The van der Waals surface area contributed by atoms with E-state index >= 15 is 0 Å². The van der Waals surface area contributed by atoms with E-state index in [0.717, 1.165) is 49.6 Å². The topological polar surface area (TPSA) is 34.1 Å². The van der Waals surface area contributed by atoms with Gasteiger partial charge in [-0.2, -0.15) is 0 Å². The van der Waals surface area contributed by atoms with Gasteiger partial charge in [0.1, 0.15) is 0 Å². The molecule has 0 aliphatic rings. The van der Waals surface area contributed by atoms with Crippen LogP contribution in [-0.2, 0) is 4.84 Å². The van der Waals surface area contributed by atoms with Crippen molar-refractivity contribution in [3.63, 3.8) is 0 Å². The number of para-hydroxylation sites is 1. The second kappa shape index (κ2) is 7.48. The summed E-state index contributed by atoms with van der Waals surface area (Å²) in [5.41, 5.74) is 11.5. The van der Waals surface area contributed by atoms with Gasteiger partial charge >= 0.3 is 0 Å². The lowest BCUT2D eigenvalue weighted by Gasteiger charge is -2.17. The predicted molar refractivity (Wildman–Crippen MR) is 110 cm³/mol. The smallest absolute Gasteiger partial charge is 0.0790 e. The molecule has 134 valence electrons. The average molecular weight is 367 g/mol. The quantitative estimate of drug-likeness (QED) is 0.575. The lowest BCUT2D eigenvalue weighted by Crippen LogP contribution is -2.10. The number of rotatable bonds is 4. The van der Waals surface area contributed by atoms with Crippen LogP contribution in [0.3, 0.4) is 0 Å². The third kappa shape index (κ3) is 3.33. The van der Waals surface area contributed by atoms with E-state index in [1.807, 2.05) is 32.1 Å². The van der Waals surface area contributed by atoms with Crippen LogP contribution in [0.4, 0.5) is 0 Å². The second-order valence-electron chi connectivity index (χ2n) is 6.44. The zero-order chi connectivity index (χ0) is 18.8. The van der Waals surface area contributed by atoms with Crippen LogP contribution in [0.25, 0.3) is 27.7 Å². The summed E-state index contributed by atoms with van der Waals surface area (Å²) in [6.07, 6.45) is 2.00. The molecule has 0 saturated heterocycles. The van der Waals surface area contributed by atoms with Gasteiger partial charge in [-0.3, -0.25) is 15.3 Å².